The first-order valence-corrected chi connectivity index (χ1v) is 10.3. The zero-order valence-electron chi connectivity index (χ0n) is 16.4. The molecule has 0 aliphatic heterocycles. The Balaban J connectivity index is 1.50. The molecule has 1 amide bonds. The van der Waals surface area contributed by atoms with E-state index in [0.29, 0.717) is 15.9 Å². The van der Waals surface area contributed by atoms with E-state index in [4.69, 9.17) is 4.52 Å². The van der Waals surface area contributed by atoms with E-state index in [1.165, 1.54) is 23.7 Å². The number of rotatable bonds is 4. The molecule has 0 saturated heterocycles. The second-order valence-corrected chi connectivity index (χ2v) is 8.09. The SMILES string of the molecule is Cc1sc2ncn(NC(=O)c3cc(-c4ccccc4)no3)c(=O)c2c1-c1ccccc1. The predicted octanol–water partition coefficient (Wildman–Crippen LogP) is 4.47. The molecule has 3 aromatic heterocycles. The van der Waals surface area contributed by atoms with Crippen molar-refractivity contribution >= 4 is 27.5 Å². The molecule has 8 heteroatoms. The van der Waals surface area contributed by atoms with Crippen LogP contribution in [0.3, 0.4) is 0 Å². The number of hydrogen-bond acceptors (Lipinski definition) is 6. The summed E-state index contributed by atoms with van der Waals surface area (Å²) in [5.74, 6) is -0.596. The molecule has 0 bridgehead atoms. The fourth-order valence-corrected chi connectivity index (χ4v) is 4.43. The molecule has 1 N–H and O–H groups in total. The lowest BCUT2D eigenvalue weighted by molar-refractivity contribution is 0.0972. The topological polar surface area (TPSA) is 90.0 Å². The van der Waals surface area contributed by atoms with E-state index in [0.717, 1.165) is 26.2 Å². The molecule has 5 rings (SSSR count). The fourth-order valence-electron chi connectivity index (χ4n) is 3.43. The van der Waals surface area contributed by atoms with Gasteiger partial charge in [0.05, 0.1) is 5.39 Å². The van der Waals surface area contributed by atoms with Gasteiger partial charge in [0.15, 0.2) is 0 Å². The second kappa shape index (κ2) is 7.66. The summed E-state index contributed by atoms with van der Waals surface area (Å²) in [5, 5.41) is 4.41. The zero-order valence-corrected chi connectivity index (χ0v) is 17.2. The standard InChI is InChI=1S/C23H16N4O3S/c1-14-19(16-10-6-3-7-11-16)20-22(31-14)24-13-27(23(20)29)25-21(28)18-12-17(26-30-18)15-8-4-2-5-9-15/h2-13H,1H3,(H,25,28). The normalized spacial score (nSPS) is 11.0. The van der Waals surface area contributed by atoms with Crippen molar-refractivity contribution in [3.63, 3.8) is 0 Å². The van der Waals surface area contributed by atoms with E-state index in [-0.39, 0.29) is 11.3 Å². The van der Waals surface area contributed by atoms with Crippen molar-refractivity contribution in [2.45, 2.75) is 6.92 Å². The minimum atomic E-state index is -0.592. The number of nitrogens with one attached hydrogen (secondary N) is 1. The van der Waals surface area contributed by atoms with Crippen LogP contribution in [0.25, 0.3) is 32.6 Å². The van der Waals surface area contributed by atoms with Crippen LogP contribution < -0.4 is 11.0 Å². The largest absolute Gasteiger partial charge is 0.350 e. The first-order valence-electron chi connectivity index (χ1n) is 9.51. The predicted molar refractivity (Wildman–Crippen MR) is 120 cm³/mol. The summed E-state index contributed by atoms with van der Waals surface area (Å²) in [5.41, 5.74) is 5.30. The monoisotopic (exact) mass is 428 g/mol. The number of nitrogens with zero attached hydrogens (tertiary/aromatic N) is 3. The molecule has 3 heterocycles. The molecule has 0 spiro atoms. The van der Waals surface area contributed by atoms with Gasteiger partial charge in [0, 0.05) is 22.1 Å². The molecule has 0 saturated carbocycles. The number of amides is 1. The van der Waals surface area contributed by atoms with Crippen LogP contribution in [-0.4, -0.2) is 20.7 Å². The quantitative estimate of drug-likeness (QED) is 0.456. The van der Waals surface area contributed by atoms with Crippen molar-refractivity contribution in [3.8, 4) is 22.4 Å². The van der Waals surface area contributed by atoms with E-state index in [1.54, 1.807) is 0 Å². The average Bonchev–Trinajstić information content (AvgIpc) is 3.42. The van der Waals surface area contributed by atoms with Crippen molar-refractivity contribution < 1.29 is 9.32 Å². The molecule has 0 atom stereocenters. The molecule has 2 aromatic carbocycles. The summed E-state index contributed by atoms with van der Waals surface area (Å²) in [6, 6.07) is 20.6. The van der Waals surface area contributed by atoms with Gasteiger partial charge < -0.3 is 4.52 Å². The van der Waals surface area contributed by atoms with Gasteiger partial charge in [-0.05, 0) is 12.5 Å². The summed E-state index contributed by atoms with van der Waals surface area (Å²) < 4.78 is 6.26. The lowest BCUT2D eigenvalue weighted by Gasteiger charge is -2.07. The maximum Gasteiger partial charge on any atom is 0.308 e. The molecule has 0 aliphatic carbocycles. The Morgan fingerprint density at radius 2 is 1.71 bits per heavy atom. The Kier molecular flexibility index (Phi) is 4.68. The third kappa shape index (κ3) is 3.43. The summed E-state index contributed by atoms with van der Waals surface area (Å²) in [4.78, 5) is 31.9. The van der Waals surface area contributed by atoms with Crippen LogP contribution in [0.15, 0.2) is 82.4 Å². The van der Waals surface area contributed by atoms with Gasteiger partial charge in [-0.2, -0.15) is 0 Å². The van der Waals surface area contributed by atoms with E-state index in [1.807, 2.05) is 67.6 Å². The van der Waals surface area contributed by atoms with Crippen molar-refractivity contribution in [1.29, 1.82) is 0 Å². The maximum absolute atomic E-state index is 13.2. The second-order valence-electron chi connectivity index (χ2n) is 6.88. The Hall–Kier alpha value is -4.04. The van der Waals surface area contributed by atoms with E-state index >= 15 is 0 Å². The number of aromatic nitrogens is 3. The van der Waals surface area contributed by atoms with E-state index < -0.39 is 5.91 Å². The van der Waals surface area contributed by atoms with Gasteiger partial charge in [-0.1, -0.05) is 65.8 Å². The Bertz CT molecular complexity index is 1450. The molecule has 31 heavy (non-hydrogen) atoms. The van der Waals surface area contributed by atoms with Crippen LogP contribution in [0.5, 0.6) is 0 Å². The van der Waals surface area contributed by atoms with Gasteiger partial charge >= 0.3 is 5.91 Å². The number of carbonyl (C=O) groups is 1. The molecule has 5 aromatic rings. The average molecular weight is 428 g/mol. The fraction of sp³-hybridized carbons (Fsp3) is 0.0435. The molecular formula is C23H16N4O3S. The lowest BCUT2D eigenvalue weighted by Crippen LogP contribution is -2.33. The van der Waals surface area contributed by atoms with Crippen molar-refractivity contribution in [1.82, 2.24) is 14.8 Å². The molecular weight excluding hydrogens is 412 g/mol. The highest BCUT2D eigenvalue weighted by Crippen LogP contribution is 2.35. The number of fused-ring (bicyclic) bond motifs is 1. The van der Waals surface area contributed by atoms with Gasteiger partial charge in [0.25, 0.3) is 5.56 Å². The van der Waals surface area contributed by atoms with Gasteiger partial charge in [0.1, 0.15) is 16.9 Å². The first kappa shape index (κ1) is 19.0. The van der Waals surface area contributed by atoms with Crippen LogP contribution >= 0.6 is 11.3 Å². The summed E-state index contributed by atoms with van der Waals surface area (Å²) in [7, 11) is 0. The van der Waals surface area contributed by atoms with Crippen LogP contribution in [0.4, 0.5) is 0 Å². The van der Waals surface area contributed by atoms with Crippen molar-refractivity contribution in [2.24, 2.45) is 0 Å². The van der Waals surface area contributed by atoms with Gasteiger partial charge in [-0.15, -0.1) is 11.3 Å². The molecule has 0 fully saturated rings. The maximum atomic E-state index is 13.2. The Labute approximate surface area is 180 Å². The highest BCUT2D eigenvalue weighted by Gasteiger charge is 2.19. The van der Waals surface area contributed by atoms with Gasteiger partial charge in [-0.25, -0.2) is 9.66 Å². The highest BCUT2D eigenvalue weighted by molar-refractivity contribution is 7.19. The van der Waals surface area contributed by atoms with Crippen molar-refractivity contribution in [3.05, 3.63) is 94.0 Å². The number of thiophene rings is 1. The van der Waals surface area contributed by atoms with Crippen molar-refractivity contribution in [2.75, 3.05) is 5.43 Å². The number of carbonyl (C=O) groups excluding carboxylic acids is 1. The Morgan fingerprint density at radius 3 is 2.42 bits per heavy atom. The molecule has 7 nitrogen and oxygen atoms in total. The lowest BCUT2D eigenvalue weighted by atomic mass is 10.0. The minimum absolute atomic E-state index is 0.00404. The van der Waals surface area contributed by atoms with Gasteiger partial charge in [0.2, 0.25) is 5.76 Å². The Morgan fingerprint density at radius 1 is 1.03 bits per heavy atom. The number of aryl methyl sites for hydroxylation is 1. The molecule has 0 unspecified atom stereocenters. The zero-order chi connectivity index (χ0) is 21.4. The minimum Gasteiger partial charge on any atom is -0.350 e. The third-order valence-electron chi connectivity index (χ3n) is 4.88. The highest BCUT2D eigenvalue weighted by atomic mass is 32.1. The van der Waals surface area contributed by atoms with E-state index in [9.17, 15) is 9.59 Å². The van der Waals surface area contributed by atoms with Crippen LogP contribution in [0.2, 0.25) is 0 Å². The van der Waals surface area contributed by atoms with Crippen LogP contribution in [0.1, 0.15) is 15.4 Å². The molecule has 152 valence electrons. The third-order valence-corrected chi connectivity index (χ3v) is 5.89. The van der Waals surface area contributed by atoms with Crippen LogP contribution in [0, 0.1) is 6.92 Å². The van der Waals surface area contributed by atoms with Crippen LogP contribution in [-0.2, 0) is 0 Å². The summed E-state index contributed by atoms with van der Waals surface area (Å²) >= 11 is 1.45. The molecule has 0 radical (unpaired) electrons. The summed E-state index contributed by atoms with van der Waals surface area (Å²) in [6.45, 7) is 1.96. The number of benzene rings is 2. The summed E-state index contributed by atoms with van der Waals surface area (Å²) in [6.07, 6.45) is 1.31. The number of hydrogen-bond donors (Lipinski definition) is 1. The molecule has 0 aliphatic rings. The first-order chi connectivity index (χ1) is 15.1. The smallest absolute Gasteiger partial charge is 0.308 e. The van der Waals surface area contributed by atoms with E-state index in [2.05, 4.69) is 15.6 Å². The van der Waals surface area contributed by atoms with Gasteiger partial charge in [-0.3, -0.25) is 15.0 Å².